The molecule has 0 aliphatic carbocycles. The molecule has 0 aliphatic heterocycles. The SMILES string of the molecule is O=C(O)c1ccc(CNCc2ccno2)c(Br)c1. The molecule has 1 heterocycles. The van der Waals surface area contributed by atoms with Gasteiger partial charge in [-0.1, -0.05) is 27.2 Å². The third-order valence-corrected chi connectivity index (χ3v) is 3.14. The van der Waals surface area contributed by atoms with Gasteiger partial charge in [0.1, 0.15) is 5.76 Å². The number of halogens is 1. The molecule has 6 heteroatoms. The van der Waals surface area contributed by atoms with Crippen molar-refractivity contribution in [2.75, 3.05) is 0 Å². The molecule has 2 rings (SSSR count). The Kier molecular flexibility index (Phi) is 4.11. The van der Waals surface area contributed by atoms with Crippen LogP contribution in [0.3, 0.4) is 0 Å². The van der Waals surface area contributed by atoms with Gasteiger partial charge >= 0.3 is 5.97 Å². The van der Waals surface area contributed by atoms with Gasteiger partial charge in [0.15, 0.2) is 0 Å². The molecule has 2 aromatic rings. The zero-order valence-electron chi connectivity index (χ0n) is 9.39. The van der Waals surface area contributed by atoms with Crippen molar-refractivity contribution in [1.29, 1.82) is 0 Å². The zero-order chi connectivity index (χ0) is 13.0. The van der Waals surface area contributed by atoms with Gasteiger partial charge in [0.05, 0.1) is 18.3 Å². The number of carboxylic acid groups (broad SMARTS) is 1. The van der Waals surface area contributed by atoms with E-state index >= 15 is 0 Å². The average molecular weight is 311 g/mol. The molecule has 0 saturated heterocycles. The van der Waals surface area contributed by atoms with Gasteiger partial charge in [0.25, 0.3) is 0 Å². The minimum atomic E-state index is -0.933. The standard InChI is InChI=1S/C12H11BrN2O3/c13-11-5-8(12(16)17)1-2-9(11)6-14-7-10-3-4-15-18-10/h1-5,14H,6-7H2,(H,16,17). The molecule has 0 bridgehead atoms. The van der Waals surface area contributed by atoms with Crippen LogP contribution in [0.1, 0.15) is 21.7 Å². The molecule has 0 radical (unpaired) electrons. The molecule has 0 aliphatic rings. The van der Waals surface area contributed by atoms with Crippen LogP contribution >= 0.6 is 15.9 Å². The van der Waals surface area contributed by atoms with E-state index in [0.717, 1.165) is 15.8 Å². The van der Waals surface area contributed by atoms with Crippen molar-refractivity contribution in [2.45, 2.75) is 13.1 Å². The lowest BCUT2D eigenvalue weighted by atomic mass is 10.1. The van der Waals surface area contributed by atoms with Crippen molar-refractivity contribution in [3.8, 4) is 0 Å². The van der Waals surface area contributed by atoms with E-state index in [2.05, 4.69) is 26.4 Å². The van der Waals surface area contributed by atoms with Gasteiger partial charge < -0.3 is 14.9 Å². The number of carbonyl (C=O) groups is 1. The largest absolute Gasteiger partial charge is 0.478 e. The average Bonchev–Trinajstić information content (AvgIpc) is 2.84. The monoisotopic (exact) mass is 310 g/mol. The first-order valence-electron chi connectivity index (χ1n) is 5.29. The fourth-order valence-electron chi connectivity index (χ4n) is 1.48. The zero-order valence-corrected chi connectivity index (χ0v) is 11.0. The highest BCUT2D eigenvalue weighted by atomic mass is 79.9. The maximum absolute atomic E-state index is 10.8. The first-order valence-corrected chi connectivity index (χ1v) is 6.08. The molecule has 0 fully saturated rings. The van der Waals surface area contributed by atoms with Gasteiger partial charge in [0.2, 0.25) is 0 Å². The lowest BCUT2D eigenvalue weighted by molar-refractivity contribution is 0.0697. The van der Waals surface area contributed by atoms with Crippen molar-refractivity contribution in [2.24, 2.45) is 0 Å². The third kappa shape index (κ3) is 3.18. The number of nitrogens with zero attached hydrogens (tertiary/aromatic N) is 1. The van der Waals surface area contributed by atoms with Gasteiger partial charge in [-0.15, -0.1) is 0 Å². The molecular weight excluding hydrogens is 300 g/mol. The van der Waals surface area contributed by atoms with E-state index in [1.54, 1.807) is 30.5 Å². The summed E-state index contributed by atoms with van der Waals surface area (Å²) in [7, 11) is 0. The van der Waals surface area contributed by atoms with Crippen molar-refractivity contribution in [1.82, 2.24) is 10.5 Å². The van der Waals surface area contributed by atoms with Crippen LogP contribution in [0.15, 0.2) is 39.5 Å². The van der Waals surface area contributed by atoms with Crippen LogP contribution < -0.4 is 5.32 Å². The third-order valence-electron chi connectivity index (χ3n) is 2.41. The van der Waals surface area contributed by atoms with Crippen LogP contribution in [0.2, 0.25) is 0 Å². The predicted octanol–water partition coefficient (Wildman–Crippen LogP) is 2.43. The Morgan fingerprint density at radius 1 is 1.39 bits per heavy atom. The van der Waals surface area contributed by atoms with E-state index in [0.29, 0.717) is 13.1 Å². The topological polar surface area (TPSA) is 75.4 Å². The molecule has 94 valence electrons. The summed E-state index contributed by atoms with van der Waals surface area (Å²) in [6.07, 6.45) is 1.59. The maximum atomic E-state index is 10.8. The molecular formula is C12H11BrN2O3. The summed E-state index contributed by atoms with van der Waals surface area (Å²) in [4.78, 5) is 10.8. The number of carboxylic acids is 1. The second-order valence-electron chi connectivity index (χ2n) is 3.69. The molecule has 5 nitrogen and oxygen atoms in total. The Bertz CT molecular complexity index is 540. The Balaban J connectivity index is 1.95. The van der Waals surface area contributed by atoms with Crippen LogP contribution in [0, 0.1) is 0 Å². The minimum absolute atomic E-state index is 0.265. The number of hydrogen-bond donors (Lipinski definition) is 2. The predicted molar refractivity (Wildman–Crippen MR) is 68.1 cm³/mol. The van der Waals surface area contributed by atoms with Gasteiger partial charge in [-0.25, -0.2) is 4.79 Å². The van der Waals surface area contributed by atoms with Crippen LogP contribution in [0.5, 0.6) is 0 Å². The van der Waals surface area contributed by atoms with Gasteiger partial charge in [-0.05, 0) is 17.7 Å². The van der Waals surface area contributed by atoms with Gasteiger partial charge in [0, 0.05) is 17.1 Å². The highest BCUT2D eigenvalue weighted by Crippen LogP contribution is 2.18. The van der Waals surface area contributed by atoms with Crippen LogP contribution in [-0.4, -0.2) is 16.2 Å². The molecule has 2 N–H and O–H groups in total. The number of aromatic carboxylic acids is 1. The summed E-state index contributed by atoms with van der Waals surface area (Å²) < 4.78 is 5.72. The Morgan fingerprint density at radius 3 is 2.83 bits per heavy atom. The lowest BCUT2D eigenvalue weighted by Crippen LogP contribution is -2.12. The summed E-state index contributed by atoms with van der Waals surface area (Å²) in [6.45, 7) is 1.19. The van der Waals surface area contributed by atoms with Crippen molar-refractivity contribution < 1.29 is 14.4 Å². The molecule has 0 spiro atoms. The summed E-state index contributed by atoms with van der Waals surface area (Å²) in [5.74, 6) is -0.176. The first kappa shape index (κ1) is 12.8. The Hall–Kier alpha value is -1.66. The van der Waals surface area contributed by atoms with E-state index in [4.69, 9.17) is 9.63 Å². The number of hydrogen-bond acceptors (Lipinski definition) is 4. The highest BCUT2D eigenvalue weighted by Gasteiger charge is 2.06. The summed E-state index contributed by atoms with van der Waals surface area (Å²) in [5, 5.41) is 15.6. The van der Waals surface area contributed by atoms with Gasteiger partial charge in [-0.3, -0.25) is 0 Å². The maximum Gasteiger partial charge on any atom is 0.335 e. The van der Waals surface area contributed by atoms with Crippen LogP contribution in [0.4, 0.5) is 0 Å². The highest BCUT2D eigenvalue weighted by molar-refractivity contribution is 9.10. The number of nitrogens with one attached hydrogen (secondary N) is 1. The molecule has 0 saturated carbocycles. The van der Waals surface area contributed by atoms with Crippen LogP contribution in [0.25, 0.3) is 0 Å². The molecule has 18 heavy (non-hydrogen) atoms. The van der Waals surface area contributed by atoms with E-state index in [1.165, 1.54) is 0 Å². The molecule has 1 aromatic carbocycles. The van der Waals surface area contributed by atoms with Gasteiger partial charge in [-0.2, -0.15) is 0 Å². The quantitative estimate of drug-likeness (QED) is 0.887. The molecule has 0 amide bonds. The van der Waals surface area contributed by atoms with E-state index in [1.807, 2.05) is 0 Å². The number of aromatic nitrogens is 1. The van der Waals surface area contributed by atoms with Crippen molar-refractivity contribution in [3.05, 3.63) is 51.8 Å². The summed E-state index contributed by atoms with van der Waals surface area (Å²) >= 11 is 3.36. The van der Waals surface area contributed by atoms with Crippen LogP contribution in [-0.2, 0) is 13.1 Å². The summed E-state index contributed by atoms with van der Waals surface area (Å²) in [6, 6.07) is 6.74. The number of benzene rings is 1. The normalized spacial score (nSPS) is 10.5. The van der Waals surface area contributed by atoms with E-state index in [9.17, 15) is 4.79 Å². The fraction of sp³-hybridized carbons (Fsp3) is 0.167. The van der Waals surface area contributed by atoms with E-state index in [-0.39, 0.29) is 5.56 Å². The molecule has 0 unspecified atom stereocenters. The van der Waals surface area contributed by atoms with Crippen molar-refractivity contribution >= 4 is 21.9 Å². The summed E-state index contributed by atoms with van der Waals surface area (Å²) in [5.41, 5.74) is 1.25. The lowest BCUT2D eigenvalue weighted by Gasteiger charge is -2.06. The molecule has 1 aromatic heterocycles. The first-order chi connectivity index (χ1) is 8.66. The Labute approximate surface area is 112 Å². The van der Waals surface area contributed by atoms with E-state index < -0.39 is 5.97 Å². The fourth-order valence-corrected chi connectivity index (χ4v) is 2.00. The number of rotatable bonds is 5. The Morgan fingerprint density at radius 2 is 2.22 bits per heavy atom. The second-order valence-corrected chi connectivity index (χ2v) is 4.55. The smallest absolute Gasteiger partial charge is 0.335 e. The van der Waals surface area contributed by atoms with Crippen molar-refractivity contribution in [3.63, 3.8) is 0 Å². The second kappa shape index (κ2) is 5.79. The molecule has 0 atom stereocenters. The minimum Gasteiger partial charge on any atom is -0.478 e.